The fourth-order valence-electron chi connectivity index (χ4n) is 2.40. The van der Waals surface area contributed by atoms with E-state index in [0.29, 0.717) is 23.0 Å². The number of methoxy groups -OCH3 is 1. The second kappa shape index (κ2) is 8.39. The van der Waals surface area contributed by atoms with E-state index >= 15 is 0 Å². The van der Waals surface area contributed by atoms with Crippen LogP contribution in [0.3, 0.4) is 0 Å². The van der Waals surface area contributed by atoms with Crippen molar-refractivity contribution in [1.82, 2.24) is 0 Å². The average molecular weight is 423 g/mol. The van der Waals surface area contributed by atoms with Crippen LogP contribution in [0.25, 0.3) is 17.4 Å². The number of nitrogens with one attached hydrogen (secondary N) is 1. The molecular formula is C21H15BrN2O3. The lowest BCUT2D eigenvalue weighted by Gasteiger charge is -2.05. The van der Waals surface area contributed by atoms with E-state index in [1.165, 1.54) is 6.08 Å². The Bertz CT molecular complexity index is 1030. The molecule has 0 radical (unpaired) electrons. The molecule has 1 aromatic heterocycles. The van der Waals surface area contributed by atoms with Crippen molar-refractivity contribution in [3.8, 4) is 23.1 Å². The average Bonchev–Trinajstić information content (AvgIpc) is 3.15. The Labute approximate surface area is 165 Å². The maximum atomic E-state index is 12.4. The van der Waals surface area contributed by atoms with Crippen molar-refractivity contribution in [2.24, 2.45) is 0 Å². The number of benzene rings is 2. The van der Waals surface area contributed by atoms with Gasteiger partial charge in [0, 0.05) is 21.8 Å². The van der Waals surface area contributed by atoms with E-state index in [-0.39, 0.29) is 5.57 Å². The minimum atomic E-state index is -0.512. The normalized spacial score (nSPS) is 10.9. The van der Waals surface area contributed by atoms with Gasteiger partial charge in [0.25, 0.3) is 5.91 Å². The maximum Gasteiger partial charge on any atom is 0.266 e. The molecule has 2 aromatic carbocycles. The number of hydrogen-bond acceptors (Lipinski definition) is 4. The molecule has 1 amide bonds. The molecule has 0 saturated carbocycles. The summed E-state index contributed by atoms with van der Waals surface area (Å²) in [5.74, 6) is 1.23. The topological polar surface area (TPSA) is 75.3 Å². The highest BCUT2D eigenvalue weighted by Crippen LogP contribution is 2.30. The van der Waals surface area contributed by atoms with Crippen molar-refractivity contribution in [1.29, 1.82) is 5.26 Å². The van der Waals surface area contributed by atoms with Gasteiger partial charge in [-0.3, -0.25) is 4.79 Å². The summed E-state index contributed by atoms with van der Waals surface area (Å²) in [7, 11) is 1.57. The number of furan rings is 1. The highest BCUT2D eigenvalue weighted by molar-refractivity contribution is 9.10. The Balaban J connectivity index is 1.79. The van der Waals surface area contributed by atoms with E-state index in [0.717, 1.165) is 10.0 Å². The van der Waals surface area contributed by atoms with Crippen LogP contribution in [0.5, 0.6) is 5.75 Å². The van der Waals surface area contributed by atoms with Gasteiger partial charge < -0.3 is 14.5 Å². The lowest BCUT2D eigenvalue weighted by atomic mass is 10.2. The standard InChI is InChI=1S/C21H15BrN2O3/c1-26-16-8-6-15(7-9-16)24-21(25)14(13-23)12-17-10-11-20(27-17)18-4-2-3-5-19(18)22/h2-12H,1H3,(H,24,25). The first-order valence-corrected chi connectivity index (χ1v) is 8.82. The predicted molar refractivity (Wildman–Crippen MR) is 107 cm³/mol. The van der Waals surface area contributed by atoms with E-state index in [9.17, 15) is 10.1 Å². The molecule has 0 aliphatic carbocycles. The lowest BCUT2D eigenvalue weighted by Crippen LogP contribution is -2.13. The highest BCUT2D eigenvalue weighted by atomic mass is 79.9. The van der Waals surface area contributed by atoms with Crippen molar-refractivity contribution in [2.45, 2.75) is 0 Å². The molecule has 1 heterocycles. The van der Waals surface area contributed by atoms with Gasteiger partial charge in [0.1, 0.15) is 28.9 Å². The molecule has 0 bridgehead atoms. The fourth-order valence-corrected chi connectivity index (χ4v) is 2.88. The third-order valence-corrected chi connectivity index (χ3v) is 4.46. The molecule has 0 spiro atoms. The van der Waals surface area contributed by atoms with Crippen molar-refractivity contribution in [2.75, 3.05) is 12.4 Å². The lowest BCUT2D eigenvalue weighted by molar-refractivity contribution is -0.112. The van der Waals surface area contributed by atoms with Crippen LogP contribution < -0.4 is 10.1 Å². The monoisotopic (exact) mass is 422 g/mol. The Morgan fingerprint density at radius 2 is 1.89 bits per heavy atom. The zero-order valence-electron chi connectivity index (χ0n) is 14.4. The number of anilines is 1. The summed E-state index contributed by atoms with van der Waals surface area (Å²) < 4.78 is 11.7. The minimum Gasteiger partial charge on any atom is -0.497 e. The zero-order chi connectivity index (χ0) is 19.2. The Morgan fingerprint density at radius 1 is 1.15 bits per heavy atom. The van der Waals surface area contributed by atoms with Gasteiger partial charge >= 0.3 is 0 Å². The molecule has 0 unspecified atom stereocenters. The van der Waals surface area contributed by atoms with E-state index in [1.54, 1.807) is 43.5 Å². The van der Waals surface area contributed by atoms with Crippen LogP contribution in [-0.4, -0.2) is 13.0 Å². The minimum absolute atomic E-state index is 0.0566. The van der Waals surface area contributed by atoms with Crippen molar-refractivity contribution >= 4 is 33.6 Å². The number of ether oxygens (including phenoxy) is 1. The second-order valence-corrected chi connectivity index (χ2v) is 6.39. The van der Waals surface area contributed by atoms with E-state index in [4.69, 9.17) is 9.15 Å². The van der Waals surface area contributed by atoms with Crippen LogP contribution >= 0.6 is 15.9 Å². The Morgan fingerprint density at radius 3 is 2.56 bits per heavy atom. The summed E-state index contributed by atoms with van der Waals surface area (Å²) in [6, 6.07) is 19.9. The largest absolute Gasteiger partial charge is 0.497 e. The smallest absolute Gasteiger partial charge is 0.266 e. The van der Waals surface area contributed by atoms with Gasteiger partial charge in [-0.2, -0.15) is 5.26 Å². The van der Waals surface area contributed by atoms with Crippen molar-refractivity contribution < 1.29 is 13.9 Å². The SMILES string of the molecule is COc1ccc(NC(=O)C(C#N)=Cc2ccc(-c3ccccc3Br)o2)cc1. The first-order valence-electron chi connectivity index (χ1n) is 8.02. The molecule has 3 aromatic rings. The molecular weight excluding hydrogens is 408 g/mol. The summed E-state index contributed by atoms with van der Waals surface area (Å²) in [6.45, 7) is 0. The number of amides is 1. The van der Waals surface area contributed by atoms with Crippen LogP contribution in [0.1, 0.15) is 5.76 Å². The molecule has 0 aliphatic heterocycles. The van der Waals surface area contributed by atoms with Crippen LogP contribution in [-0.2, 0) is 4.79 Å². The summed E-state index contributed by atoms with van der Waals surface area (Å²) in [5.41, 5.74) is 1.40. The quantitative estimate of drug-likeness (QED) is 0.449. The van der Waals surface area contributed by atoms with Gasteiger partial charge in [0.15, 0.2) is 0 Å². The molecule has 0 saturated heterocycles. The van der Waals surface area contributed by atoms with Crippen molar-refractivity contribution in [3.05, 3.63) is 76.5 Å². The number of carbonyl (C=O) groups is 1. The molecule has 0 atom stereocenters. The summed E-state index contributed by atoms with van der Waals surface area (Å²) in [5, 5.41) is 12.0. The van der Waals surface area contributed by atoms with Gasteiger partial charge in [0.05, 0.1) is 7.11 Å². The van der Waals surface area contributed by atoms with Crippen LogP contribution in [0.15, 0.2) is 75.1 Å². The third-order valence-electron chi connectivity index (χ3n) is 3.77. The molecule has 6 heteroatoms. The summed E-state index contributed by atoms with van der Waals surface area (Å²) >= 11 is 3.48. The molecule has 0 fully saturated rings. The molecule has 0 aliphatic rings. The number of hydrogen-bond donors (Lipinski definition) is 1. The Kier molecular flexibility index (Phi) is 5.74. The molecule has 5 nitrogen and oxygen atoms in total. The number of nitrogens with zero attached hydrogens (tertiary/aromatic N) is 1. The molecule has 3 rings (SSSR count). The van der Waals surface area contributed by atoms with E-state index in [1.807, 2.05) is 30.3 Å². The predicted octanol–water partition coefficient (Wildman–Crippen LogP) is 5.26. The fraction of sp³-hybridized carbons (Fsp3) is 0.0476. The molecule has 134 valence electrons. The summed E-state index contributed by atoms with van der Waals surface area (Å²) in [6.07, 6.45) is 1.42. The third kappa shape index (κ3) is 4.46. The van der Waals surface area contributed by atoms with Gasteiger partial charge in [-0.25, -0.2) is 0 Å². The molecule has 27 heavy (non-hydrogen) atoms. The Hall–Kier alpha value is -3.30. The van der Waals surface area contributed by atoms with E-state index in [2.05, 4.69) is 21.2 Å². The van der Waals surface area contributed by atoms with Gasteiger partial charge in [-0.15, -0.1) is 0 Å². The van der Waals surface area contributed by atoms with Gasteiger partial charge in [0.2, 0.25) is 0 Å². The number of rotatable bonds is 5. The maximum absolute atomic E-state index is 12.4. The van der Waals surface area contributed by atoms with Crippen LogP contribution in [0.4, 0.5) is 5.69 Å². The second-order valence-electron chi connectivity index (χ2n) is 5.53. The number of carbonyl (C=O) groups excluding carboxylic acids is 1. The van der Waals surface area contributed by atoms with Crippen LogP contribution in [0, 0.1) is 11.3 Å². The summed E-state index contributed by atoms with van der Waals surface area (Å²) in [4.78, 5) is 12.4. The first kappa shape index (κ1) is 18.5. The number of nitriles is 1. The first-order chi connectivity index (χ1) is 13.1. The highest BCUT2D eigenvalue weighted by Gasteiger charge is 2.12. The van der Waals surface area contributed by atoms with Crippen molar-refractivity contribution in [3.63, 3.8) is 0 Å². The van der Waals surface area contributed by atoms with Gasteiger partial charge in [-0.1, -0.05) is 34.1 Å². The number of halogens is 1. The van der Waals surface area contributed by atoms with E-state index < -0.39 is 5.91 Å². The van der Waals surface area contributed by atoms with Gasteiger partial charge in [-0.05, 0) is 42.5 Å². The zero-order valence-corrected chi connectivity index (χ0v) is 16.0. The van der Waals surface area contributed by atoms with Crippen LogP contribution in [0.2, 0.25) is 0 Å². The molecule has 1 N–H and O–H groups in total.